The fourth-order valence-electron chi connectivity index (χ4n) is 2.87. The van der Waals surface area contributed by atoms with Crippen LogP contribution in [0.15, 0.2) is 22.7 Å². The maximum Gasteiger partial charge on any atom is 0.137 e. The Kier molecular flexibility index (Phi) is 3.84. The fraction of sp³-hybridized carbons (Fsp3) is 0.600. The van der Waals surface area contributed by atoms with Crippen molar-refractivity contribution >= 4 is 15.9 Å². The van der Waals surface area contributed by atoms with E-state index in [9.17, 15) is 9.50 Å². The molecule has 0 aromatic heterocycles. The number of hydrogen-bond donors (Lipinski definition) is 1. The molecule has 1 fully saturated rings. The van der Waals surface area contributed by atoms with Gasteiger partial charge in [0, 0.05) is 6.42 Å². The highest BCUT2D eigenvalue weighted by molar-refractivity contribution is 9.10. The number of halogens is 2. The molecule has 0 bridgehead atoms. The van der Waals surface area contributed by atoms with E-state index in [4.69, 9.17) is 0 Å². The van der Waals surface area contributed by atoms with E-state index in [1.165, 1.54) is 12.5 Å². The summed E-state index contributed by atoms with van der Waals surface area (Å²) in [6.07, 6.45) is 4.73. The first-order valence-electron chi connectivity index (χ1n) is 6.50. The van der Waals surface area contributed by atoms with Crippen molar-refractivity contribution in [2.24, 2.45) is 5.41 Å². The van der Waals surface area contributed by atoms with E-state index in [0.717, 1.165) is 24.8 Å². The van der Waals surface area contributed by atoms with Gasteiger partial charge in [-0.25, -0.2) is 4.39 Å². The molecule has 1 atom stereocenters. The first-order valence-corrected chi connectivity index (χ1v) is 7.30. The van der Waals surface area contributed by atoms with Crippen LogP contribution in [0.1, 0.15) is 45.1 Å². The van der Waals surface area contributed by atoms with Crippen LogP contribution in [0.5, 0.6) is 0 Å². The highest BCUT2D eigenvalue weighted by Crippen LogP contribution is 2.45. The van der Waals surface area contributed by atoms with Crippen LogP contribution in [0.4, 0.5) is 4.39 Å². The lowest BCUT2D eigenvalue weighted by atomic mass is 9.63. The van der Waals surface area contributed by atoms with Crippen LogP contribution in [0.3, 0.4) is 0 Å². The third kappa shape index (κ3) is 2.62. The topological polar surface area (TPSA) is 20.2 Å². The predicted molar refractivity (Wildman–Crippen MR) is 75.0 cm³/mol. The molecule has 1 aromatic carbocycles. The lowest BCUT2D eigenvalue weighted by molar-refractivity contribution is -0.0958. The molecule has 1 saturated carbocycles. The van der Waals surface area contributed by atoms with Crippen molar-refractivity contribution in [1.29, 1.82) is 0 Å². The standard InChI is InChI=1S/C15H20BrFO/c1-14(2)7-3-4-8-15(14,18)10-11-5-6-13(17)12(16)9-11/h5-6,9,18H,3-4,7-8,10H2,1-2H3. The second-order valence-electron chi connectivity index (χ2n) is 6.05. The first kappa shape index (κ1) is 14.0. The molecular weight excluding hydrogens is 295 g/mol. The zero-order valence-electron chi connectivity index (χ0n) is 11.0. The number of hydrogen-bond acceptors (Lipinski definition) is 1. The van der Waals surface area contributed by atoms with Crippen LogP contribution in [0.25, 0.3) is 0 Å². The Balaban J connectivity index is 2.23. The highest BCUT2D eigenvalue weighted by Gasteiger charge is 2.44. The van der Waals surface area contributed by atoms with E-state index in [1.807, 2.05) is 0 Å². The molecule has 18 heavy (non-hydrogen) atoms. The minimum Gasteiger partial charge on any atom is -0.389 e. The lowest BCUT2D eigenvalue weighted by Gasteiger charge is -2.46. The molecule has 1 aliphatic carbocycles. The summed E-state index contributed by atoms with van der Waals surface area (Å²) in [5.41, 5.74) is 0.231. The van der Waals surface area contributed by atoms with Crippen molar-refractivity contribution in [2.45, 2.75) is 51.6 Å². The van der Waals surface area contributed by atoms with Gasteiger partial charge < -0.3 is 5.11 Å². The molecule has 100 valence electrons. The average Bonchev–Trinajstić information content (AvgIpc) is 2.28. The molecule has 1 unspecified atom stereocenters. The van der Waals surface area contributed by atoms with Crippen molar-refractivity contribution in [3.8, 4) is 0 Å². The summed E-state index contributed by atoms with van der Waals surface area (Å²) in [7, 11) is 0. The molecule has 2 rings (SSSR count). The second kappa shape index (κ2) is 4.93. The Morgan fingerprint density at radius 1 is 1.28 bits per heavy atom. The molecule has 0 amide bonds. The molecule has 1 N–H and O–H groups in total. The Bertz CT molecular complexity index is 444. The normalized spacial score (nSPS) is 27.2. The van der Waals surface area contributed by atoms with Gasteiger partial charge >= 0.3 is 0 Å². The molecular formula is C15H20BrFO. The summed E-state index contributed by atoms with van der Waals surface area (Å²) in [6, 6.07) is 5.00. The summed E-state index contributed by atoms with van der Waals surface area (Å²) < 4.78 is 13.7. The molecule has 1 aliphatic rings. The Hall–Kier alpha value is -0.410. The summed E-state index contributed by atoms with van der Waals surface area (Å²) in [5.74, 6) is -0.256. The van der Waals surface area contributed by atoms with Crippen molar-refractivity contribution in [2.75, 3.05) is 0 Å². The van der Waals surface area contributed by atoms with E-state index < -0.39 is 5.60 Å². The van der Waals surface area contributed by atoms with E-state index in [-0.39, 0.29) is 11.2 Å². The van der Waals surface area contributed by atoms with Crippen molar-refractivity contribution in [3.05, 3.63) is 34.1 Å². The summed E-state index contributed by atoms with van der Waals surface area (Å²) in [5, 5.41) is 10.9. The van der Waals surface area contributed by atoms with Gasteiger partial charge in [0.05, 0.1) is 10.1 Å². The maximum absolute atomic E-state index is 13.2. The number of benzene rings is 1. The minimum absolute atomic E-state index is 0.0773. The van der Waals surface area contributed by atoms with Crippen LogP contribution >= 0.6 is 15.9 Å². The first-order chi connectivity index (χ1) is 8.34. The van der Waals surface area contributed by atoms with Crippen LogP contribution in [0, 0.1) is 11.2 Å². The summed E-state index contributed by atoms with van der Waals surface area (Å²) in [4.78, 5) is 0. The predicted octanol–water partition coefficient (Wildman–Crippen LogP) is 4.46. The van der Waals surface area contributed by atoms with Gasteiger partial charge in [0.25, 0.3) is 0 Å². The molecule has 0 aliphatic heterocycles. The van der Waals surface area contributed by atoms with Crippen molar-refractivity contribution < 1.29 is 9.50 Å². The lowest BCUT2D eigenvalue weighted by Crippen LogP contribution is -2.48. The van der Waals surface area contributed by atoms with Crippen molar-refractivity contribution in [3.63, 3.8) is 0 Å². The van der Waals surface area contributed by atoms with Gasteiger partial charge in [0.1, 0.15) is 5.82 Å². The largest absolute Gasteiger partial charge is 0.389 e. The smallest absolute Gasteiger partial charge is 0.137 e. The third-order valence-corrected chi connectivity index (χ3v) is 4.99. The highest BCUT2D eigenvalue weighted by atomic mass is 79.9. The fourth-order valence-corrected chi connectivity index (χ4v) is 3.30. The SMILES string of the molecule is CC1(C)CCCCC1(O)Cc1ccc(F)c(Br)c1. The van der Waals surface area contributed by atoms with Gasteiger partial charge in [-0.2, -0.15) is 0 Å². The Morgan fingerprint density at radius 3 is 2.56 bits per heavy atom. The van der Waals surface area contributed by atoms with Gasteiger partial charge in [-0.1, -0.05) is 32.8 Å². The number of aliphatic hydroxyl groups is 1. The Morgan fingerprint density at radius 2 is 1.94 bits per heavy atom. The van der Waals surface area contributed by atoms with E-state index >= 15 is 0 Å². The quantitative estimate of drug-likeness (QED) is 0.854. The van der Waals surface area contributed by atoms with Crippen LogP contribution in [-0.4, -0.2) is 10.7 Å². The monoisotopic (exact) mass is 314 g/mol. The molecule has 1 aromatic rings. The zero-order chi connectivity index (χ0) is 13.4. The van der Waals surface area contributed by atoms with E-state index in [2.05, 4.69) is 29.8 Å². The number of rotatable bonds is 2. The van der Waals surface area contributed by atoms with Gasteiger partial charge in [-0.15, -0.1) is 0 Å². The van der Waals surface area contributed by atoms with Gasteiger partial charge in [0.2, 0.25) is 0 Å². The molecule has 3 heteroatoms. The zero-order valence-corrected chi connectivity index (χ0v) is 12.6. The second-order valence-corrected chi connectivity index (χ2v) is 6.90. The summed E-state index contributed by atoms with van der Waals surface area (Å²) in [6.45, 7) is 4.26. The maximum atomic E-state index is 13.2. The van der Waals surface area contributed by atoms with E-state index in [1.54, 1.807) is 12.1 Å². The van der Waals surface area contributed by atoms with Crippen LogP contribution < -0.4 is 0 Å². The molecule has 0 saturated heterocycles. The molecule has 0 heterocycles. The molecule has 0 radical (unpaired) electrons. The minimum atomic E-state index is -0.678. The molecule has 0 spiro atoms. The van der Waals surface area contributed by atoms with Gasteiger partial charge in [-0.3, -0.25) is 0 Å². The van der Waals surface area contributed by atoms with Crippen LogP contribution in [-0.2, 0) is 6.42 Å². The average molecular weight is 315 g/mol. The van der Waals surface area contributed by atoms with E-state index in [0.29, 0.717) is 10.9 Å². The van der Waals surface area contributed by atoms with Gasteiger partial charge in [0.15, 0.2) is 0 Å². The van der Waals surface area contributed by atoms with Gasteiger partial charge in [-0.05, 0) is 51.9 Å². The third-order valence-electron chi connectivity index (χ3n) is 4.38. The molecule has 1 nitrogen and oxygen atoms in total. The van der Waals surface area contributed by atoms with Crippen LogP contribution in [0.2, 0.25) is 0 Å². The Labute approximate surface area is 117 Å². The summed E-state index contributed by atoms with van der Waals surface area (Å²) >= 11 is 3.20. The van der Waals surface area contributed by atoms with Crippen molar-refractivity contribution in [1.82, 2.24) is 0 Å².